The van der Waals surface area contributed by atoms with Crippen molar-refractivity contribution in [2.45, 2.75) is 71.0 Å². The molecule has 2 nitrogen and oxygen atoms in total. The molecule has 1 heterocycles. The lowest BCUT2D eigenvalue weighted by atomic mass is 9.75. The lowest BCUT2D eigenvalue weighted by Gasteiger charge is -2.42. The summed E-state index contributed by atoms with van der Waals surface area (Å²) in [6.07, 6.45) is 13.6. The second-order valence-electron chi connectivity index (χ2n) is 9.17. The van der Waals surface area contributed by atoms with Gasteiger partial charge in [0.15, 0.2) is 0 Å². The molecule has 0 aromatic carbocycles. The molecule has 1 saturated carbocycles. The van der Waals surface area contributed by atoms with E-state index in [-0.39, 0.29) is 11.1 Å². The zero-order valence-electron chi connectivity index (χ0n) is 15.1. The zero-order valence-corrected chi connectivity index (χ0v) is 15.1. The third kappa shape index (κ3) is 3.19. The van der Waals surface area contributed by atoms with Crippen LogP contribution in [0.5, 0.6) is 0 Å². The number of hydrogen-bond donors (Lipinski definition) is 1. The van der Waals surface area contributed by atoms with Crippen LogP contribution in [0.3, 0.4) is 0 Å². The molecule has 2 fully saturated rings. The third-order valence-electron chi connectivity index (χ3n) is 5.86. The molecule has 4 unspecified atom stereocenters. The van der Waals surface area contributed by atoms with Gasteiger partial charge in [-0.3, -0.25) is 4.90 Å². The number of fused-ring (bicyclic) bond motifs is 1. The van der Waals surface area contributed by atoms with E-state index in [0.29, 0.717) is 17.8 Å². The van der Waals surface area contributed by atoms with Gasteiger partial charge in [-0.2, -0.15) is 0 Å². The molecule has 2 heteroatoms. The van der Waals surface area contributed by atoms with E-state index in [1.54, 1.807) is 0 Å². The van der Waals surface area contributed by atoms with Crippen molar-refractivity contribution in [3.05, 3.63) is 24.3 Å². The lowest BCUT2D eigenvalue weighted by Crippen LogP contribution is -2.55. The van der Waals surface area contributed by atoms with Crippen molar-refractivity contribution >= 4 is 0 Å². The summed E-state index contributed by atoms with van der Waals surface area (Å²) in [6.45, 7) is 14.3. The van der Waals surface area contributed by atoms with E-state index in [2.05, 4.69) is 69.1 Å². The minimum Gasteiger partial charge on any atom is -0.307 e. The van der Waals surface area contributed by atoms with Crippen molar-refractivity contribution in [2.24, 2.45) is 17.8 Å². The summed E-state index contributed by atoms with van der Waals surface area (Å²) in [5.41, 5.74) is 0.337. The van der Waals surface area contributed by atoms with Gasteiger partial charge in [-0.15, -0.1) is 0 Å². The molecule has 1 N–H and O–H groups in total. The van der Waals surface area contributed by atoms with Crippen LogP contribution in [0.15, 0.2) is 24.3 Å². The molecule has 4 atom stereocenters. The van der Waals surface area contributed by atoms with Crippen molar-refractivity contribution < 1.29 is 0 Å². The first-order valence-corrected chi connectivity index (χ1v) is 9.16. The lowest BCUT2D eigenvalue weighted by molar-refractivity contribution is 0.167. The molecule has 0 aromatic rings. The highest BCUT2D eigenvalue weighted by molar-refractivity contribution is 5.23. The molecule has 22 heavy (non-hydrogen) atoms. The Balaban J connectivity index is 1.82. The van der Waals surface area contributed by atoms with Crippen LogP contribution in [0, 0.1) is 17.8 Å². The monoisotopic (exact) mass is 302 g/mol. The predicted molar refractivity (Wildman–Crippen MR) is 94.9 cm³/mol. The van der Waals surface area contributed by atoms with Gasteiger partial charge in [0, 0.05) is 17.1 Å². The van der Waals surface area contributed by atoms with Crippen LogP contribution in [0.1, 0.15) is 53.9 Å². The average molecular weight is 303 g/mol. The fraction of sp³-hybridized carbons (Fsp3) is 0.800. The fourth-order valence-corrected chi connectivity index (χ4v) is 5.30. The van der Waals surface area contributed by atoms with Crippen molar-refractivity contribution in [1.29, 1.82) is 0 Å². The first-order chi connectivity index (χ1) is 10.3. The van der Waals surface area contributed by atoms with Gasteiger partial charge < -0.3 is 5.32 Å². The van der Waals surface area contributed by atoms with Gasteiger partial charge in [0.05, 0.1) is 0 Å². The summed E-state index contributed by atoms with van der Waals surface area (Å²) in [4.78, 5) is 2.77. The maximum Gasteiger partial charge on any atom is 0.0167 e. The Hall–Kier alpha value is -0.600. The Bertz CT molecular complexity index is 449. The minimum absolute atomic E-state index is 0.166. The van der Waals surface area contributed by atoms with Gasteiger partial charge >= 0.3 is 0 Å². The molecule has 0 radical (unpaired) electrons. The maximum atomic E-state index is 3.91. The van der Waals surface area contributed by atoms with Crippen molar-refractivity contribution in [2.75, 3.05) is 13.1 Å². The van der Waals surface area contributed by atoms with Crippen molar-refractivity contribution in [3.8, 4) is 0 Å². The maximum absolute atomic E-state index is 3.91. The number of likely N-dealkylation sites (tertiary alicyclic amines) is 1. The van der Waals surface area contributed by atoms with Gasteiger partial charge in [0.2, 0.25) is 0 Å². The Morgan fingerprint density at radius 1 is 0.909 bits per heavy atom. The second kappa shape index (κ2) is 5.79. The molecular weight excluding hydrogens is 268 g/mol. The van der Waals surface area contributed by atoms with E-state index in [1.807, 2.05) is 0 Å². The normalized spacial score (nSPS) is 36.0. The van der Waals surface area contributed by atoms with Crippen LogP contribution >= 0.6 is 0 Å². The Morgan fingerprint density at radius 3 is 2.09 bits per heavy atom. The van der Waals surface area contributed by atoms with Crippen LogP contribution < -0.4 is 5.32 Å². The van der Waals surface area contributed by atoms with Crippen molar-refractivity contribution in [3.63, 3.8) is 0 Å². The van der Waals surface area contributed by atoms with Crippen LogP contribution in [-0.2, 0) is 0 Å². The highest BCUT2D eigenvalue weighted by Crippen LogP contribution is 2.48. The van der Waals surface area contributed by atoms with E-state index in [1.165, 1.54) is 32.4 Å². The number of nitrogens with zero attached hydrogens (tertiary/aromatic N) is 1. The first kappa shape index (κ1) is 16.3. The minimum atomic E-state index is 0.166. The number of allylic oxidation sites excluding steroid dienone is 3. The predicted octanol–water partition coefficient (Wildman–Crippen LogP) is 4.00. The van der Waals surface area contributed by atoms with Crippen LogP contribution in [0.25, 0.3) is 0 Å². The molecule has 1 saturated heterocycles. The van der Waals surface area contributed by atoms with Gasteiger partial charge in [0.25, 0.3) is 0 Å². The van der Waals surface area contributed by atoms with Gasteiger partial charge in [-0.1, -0.05) is 24.3 Å². The smallest absolute Gasteiger partial charge is 0.0167 e. The topological polar surface area (TPSA) is 15.3 Å². The largest absolute Gasteiger partial charge is 0.307 e. The zero-order chi connectivity index (χ0) is 16.0. The fourth-order valence-electron chi connectivity index (χ4n) is 5.30. The van der Waals surface area contributed by atoms with E-state index >= 15 is 0 Å². The summed E-state index contributed by atoms with van der Waals surface area (Å²) >= 11 is 0. The first-order valence-electron chi connectivity index (χ1n) is 9.16. The Morgan fingerprint density at radius 2 is 1.50 bits per heavy atom. The summed E-state index contributed by atoms with van der Waals surface area (Å²) in [5.74, 6) is 2.12. The quantitative estimate of drug-likeness (QED) is 0.848. The second-order valence-corrected chi connectivity index (χ2v) is 9.17. The highest BCUT2D eigenvalue weighted by atomic mass is 15.2. The van der Waals surface area contributed by atoms with E-state index in [0.717, 1.165) is 6.04 Å². The molecule has 0 bridgehead atoms. The summed E-state index contributed by atoms with van der Waals surface area (Å²) in [5, 5.41) is 3.91. The van der Waals surface area contributed by atoms with Crippen molar-refractivity contribution in [1.82, 2.24) is 10.2 Å². The van der Waals surface area contributed by atoms with E-state index in [9.17, 15) is 0 Å². The van der Waals surface area contributed by atoms with E-state index < -0.39 is 0 Å². The summed E-state index contributed by atoms with van der Waals surface area (Å²) in [7, 11) is 0. The van der Waals surface area contributed by atoms with Crippen LogP contribution in [-0.4, -0.2) is 35.1 Å². The van der Waals surface area contributed by atoms with Crippen LogP contribution in [0.4, 0.5) is 0 Å². The molecular formula is C20H34N2. The SMILES string of the molecule is CC(C)(C)NC(C)(C)C1CC(N2CCCC2)C2C=CC=CC21. The summed E-state index contributed by atoms with van der Waals surface area (Å²) < 4.78 is 0. The molecule has 3 aliphatic rings. The van der Waals surface area contributed by atoms with Gasteiger partial charge in [-0.05, 0) is 84.7 Å². The molecule has 2 aliphatic carbocycles. The number of hydrogen-bond acceptors (Lipinski definition) is 2. The number of rotatable bonds is 3. The molecule has 0 spiro atoms. The Labute approximate surface area is 137 Å². The third-order valence-corrected chi connectivity index (χ3v) is 5.86. The van der Waals surface area contributed by atoms with Gasteiger partial charge in [0.1, 0.15) is 0 Å². The Kier molecular flexibility index (Phi) is 4.28. The number of nitrogens with one attached hydrogen (secondary N) is 1. The molecule has 3 rings (SSSR count). The van der Waals surface area contributed by atoms with Crippen LogP contribution in [0.2, 0.25) is 0 Å². The molecule has 1 aliphatic heterocycles. The average Bonchev–Trinajstić information content (AvgIpc) is 3.02. The highest BCUT2D eigenvalue weighted by Gasteiger charge is 2.50. The van der Waals surface area contributed by atoms with E-state index in [4.69, 9.17) is 0 Å². The summed E-state index contributed by atoms with van der Waals surface area (Å²) in [6, 6.07) is 0.750. The standard InChI is InChI=1S/C20H34N2/c1-19(2,3)21-20(4,5)17-14-18(22-12-8-9-13-22)16-11-7-6-10-15(16)17/h6-7,10-11,15-18,21H,8-9,12-14H2,1-5H3. The molecule has 0 aromatic heterocycles. The molecule has 124 valence electrons. The van der Waals surface area contributed by atoms with Gasteiger partial charge in [-0.25, -0.2) is 0 Å². The molecule has 0 amide bonds.